The molecule has 1 N–H and O–H groups in total. The molecule has 4 heterocycles. The Balaban J connectivity index is 0.000000225. The Hall–Kier alpha value is -8.33. The van der Waals surface area contributed by atoms with Gasteiger partial charge in [-0.1, -0.05) is 91.0 Å². The molecule has 2 aromatic heterocycles. The van der Waals surface area contributed by atoms with Crippen molar-refractivity contribution < 1.29 is 71.7 Å². The second-order valence-corrected chi connectivity index (χ2v) is 20.3. The molecule has 9 rings (SSSR count). The maximum Gasteiger partial charge on any atom is 0.416 e. The molecule has 0 bridgehead atoms. The zero-order valence-electron chi connectivity index (χ0n) is 44.6. The number of carbonyl (C=O) groups excluding carboxylic acids is 1. The van der Waals surface area contributed by atoms with Gasteiger partial charge in [-0.15, -0.1) is 20.4 Å². The van der Waals surface area contributed by atoms with Crippen LogP contribution in [0.5, 0.6) is 0 Å². The van der Waals surface area contributed by atoms with Gasteiger partial charge in [0.1, 0.15) is 38.5 Å². The average Bonchev–Trinajstić information content (AvgIpc) is 2.82. The molecule has 0 aliphatic carbocycles. The average molecular weight is 1180 g/mol. The minimum atomic E-state index is -5.03. The molecule has 5 aromatic carbocycles. The van der Waals surface area contributed by atoms with Crippen LogP contribution in [0.4, 0.5) is 57.5 Å². The van der Waals surface area contributed by atoms with Gasteiger partial charge in [0.2, 0.25) is 0 Å². The molecule has 14 nitrogen and oxygen atoms in total. The zero-order valence-corrected chi connectivity index (χ0v) is 44.6. The Morgan fingerprint density at radius 3 is 1.38 bits per heavy atom. The summed E-state index contributed by atoms with van der Waals surface area (Å²) in [5.74, 6) is 0. The van der Waals surface area contributed by atoms with Crippen molar-refractivity contribution in [1.82, 2.24) is 39.7 Å². The van der Waals surface area contributed by atoms with Gasteiger partial charge in [-0.25, -0.2) is 27.1 Å². The summed E-state index contributed by atoms with van der Waals surface area (Å²) in [6, 6.07) is 29.5. The first-order valence-corrected chi connectivity index (χ1v) is 25.8. The number of likely N-dealkylation sites (tertiary alicyclic amines) is 1. The lowest BCUT2D eigenvalue weighted by Crippen LogP contribution is -2.61. The van der Waals surface area contributed by atoms with Gasteiger partial charge in [-0.2, -0.15) is 52.7 Å². The van der Waals surface area contributed by atoms with Crippen molar-refractivity contribution in [2.45, 2.75) is 105 Å². The predicted octanol–water partition coefficient (Wildman–Crippen LogP) is 13.9. The molecule has 2 saturated heterocycles. The molecule has 2 fully saturated rings. The van der Waals surface area contributed by atoms with E-state index in [1.807, 2.05) is 30.3 Å². The summed E-state index contributed by atoms with van der Waals surface area (Å²) in [4.78, 5) is 23.0. The van der Waals surface area contributed by atoms with E-state index in [4.69, 9.17) is 27.4 Å². The first-order chi connectivity index (χ1) is 39.7. The second-order valence-electron chi connectivity index (χ2n) is 20.3. The van der Waals surface area contributed by atoms with Crippen LogP contribution < -0.4 is 5.32 Å². The van der Waals surface area contributed by atoms with Crippen LogP contribution in [-0.2, 0) is 67.9 Å². The van der Waals surface area contributed by atoms with Crippen LogP contribution in [0.15, 0.2) is 153 Å². The number of hydrogen-bond donors (Lipinski definition) is 1. The fraction of sp³-hybridized carbons (Fsp3) is 0.362. The van der Waals surface area contributed by atoms with E-state index < -0.39 is 87.7 Å². The Bertz CT molecular complexity index is 3340. The van der Waals surface area contributed by atoms with Crippen LogP contribution in [0.3, 0.4) is 0 Å². The molecular formula is C58H52F12N10O4. The quantitative estimate of drug-likeness (QED) is 0.0835. The molecular weight excluding hydrogens is 1130 g/mol. The maximum absolute atomic E-state index is 14.0. The monoisotopic (exact) mass is 1180 g/mol. The fourth-order valence-electron chi connectivity index (χ4n) is 10.2. The van der Waals surface area contributed by atoms with Crippen LogP contribution in [0.2, 0.25) is 0 Å². The van der Waals surface area contributed by atoms with Gasteiger partial charge < -0.3 is 14.2 Å². The van der Waals surface area contributed by atoms with Crippen molar-refractivity contribution in [3.63, 3.8) is 0 Å². The Morgan fingerprint density at radius 1 is 0.560 bits per heavy atom. The van der Waals surface area contributed by atoms with Gasteiger partial charge in [0, 0.05) is 0 Å². The Morgan fingerprint density at radius 2 is 0.964 bits per heavy atom. The third kappa shape index (κ3) is 13.7. The van der Waals surface area contributed by atoms with Crippen molar-refractivity contribution in [1.29, 1.82) is 0 Å². The van der Waals surface area contributed by atoms with Gasteiger partial charge in [-0.05, 0) is 90.9 Å². The topological polar surface area (TPSA) is 130 Å². The summed E-state index contributed by atoms with van der Waals surface area (Å²) in [5.41, 5.74) is -8.65. The SMILES string of the molecule is [C-]#[N+][C@@]1(n2cnnc2)CC[C@@](CO[C@H](C)c2cc(C(F)(F)F)cc(C(F)(F)F)c2)(c2ccccc2)N(C(=O)OCc2ccccc2)C1.[C-]#[N+][C@@]1(n2cnnc2)CC[C@@](CO[C@H](C)c2cc(C(F)(F)F)cc(C(F)(F)F)c2)(c2ccccc2)NC1. The standard InChI is InChI=1S/C33H29F6N5O3.C25H23F6N5O/c1-23(25-15-27(32(34,35)36)17-28(16-25)33(37,38)39)47-20-30(26-11-7-4-8-12-26)13-14-31(40-2,43-21-41-42-22-43)19-44(30)29(45)46-18-24-9-5-3-6-10-24;1-17(18-10-20(24(26,27)28)12-21(11-18)25(29,30)31)37-14-22(19-6-4-3-5-7-19)8-9-23(32-2,13-33-22)36-15-34-35-16-36/h3-12,15-17,21-23H,13-14,18-20H2,1H3;3-7,10-12,15-17,33H,8-9,13-14H2,1H3/t23-,30-,31-;17-,22-,23-/m11/s1. The first kappa shape index (κ1) is 61.7. The number of nitrogens with one attached hydrogen (secondary N) is 1. The van der Waals surface area contributed by atoms with E-state index in [1.54, 1.807) is 65.2 Å². The number of ether oxygens (including phenoxy) is 3. The summed E-state index contributed by atoms with van der Waals surface area (Å²) in [5, 5.41) is 18.6. The molecule has 2 aliphatic heterocycles. The highest BCUT2D eigenvalue weighted by Gasteiger charge is 2.57. The smallest absolute Gasteiger partial charge is 0.416 e. The van der Waals surface area contributed by atoms with Gasteiger partial charge in [0.25, 0.3) is 0 Å². The largest absolute Gasteiger partial charge is 0.445 e. The summed E-state index contributed by atoms with van der Waals surface area (Å²) in [6.07, 6.45) is -16.4. The number of amides is 1. The molecule has 1 amide bonds. The highest BCUT2D eigenvalue weighted by atomic mass is 19.4. The summed E-state index contributed by atoms with van der Waals surface area (Å²) in [6.45, 7) is 18.1. The van der Waals surface area contributed by atoms with E-state index in [2.05, 4.69) is 35.4 Å². The number of alkyl halides is 12. The Labute approximate surface area is 473 Å². The van der Waals surface area contributed by atoms with E-state index >= 15 is 0 Å². The number of hydrogen-bond acceptors (Lipinski definition) is 9. The number of halogens is 12. The maximum atomic E-state index is 14.0. The van der Waals surface area contributed by atoms with E-state index in [1.165, 1.54) is 48.6 Å². The number of piperidine rings is 2. The number of aromatic nitrogens is 6. The summed E-state index contributed by atoms with van der Waals surface area (Å²) in [7, 11) is 0. The van der Waals surface area contributed by atoms with E-state index in [9.17, 15) is 57.5 Å². The van der Waals surface area contributed by atoms with Gasteiger partial charge in [-0.3, -0.25) is 19.9 Å². The number of benzene rings is 5. The molecule has 6 atom stereocenters. The van der Waals surface area contributed by atoms with Gasteiger partial charge in [0.15, 0.2) is 0 Å². The molecule has 2 aliphatic rings. The summed E-state index contributed by atoms with van der Waals surface area (Å²) < 4.78 is 183. The predicted molar refractivity (Wildman–Crippen MR) is 277 cm³/mol. The molecule has 0 unspecified atom stereocenters. The Kier molecular flexibility index (Phi) is 18.0. The van der Waals surface area contributed by atoms with E-state index in [0.717, 1.165) is 5.56 Å². The molecule has 0 saturated carbocycles. The highest BCUT2D eigenvalue weighted by Crippen LogP contribution is 2.47. The minimum Gasteiger partial charge on any atom is -0.445 e. The van der Waals surface area contributed by atoms with E-state index in [-0.39, 0.29) is 69.0 Å². The number of rotatable bonds is 14. The molecule has 0 spiro atoms. The molecule has 442 valence electrons. The fourth-order valence-corrected chi connectivity index (χ4v) is 10.2. The third-order valence-corrected chi connectivity index (χ3v) is 15.1. The lowest BCUT2D eigenvalue weighted by Gasteiger charge is -2.49. The van der Waals surface area contributed by atoms with Crippen LogP contribution >= 0.6 is 0 Å². The van der Waals surface area contributed by atoms with Crippen molar-refractivity contribution in [3.8, 4) is 0 Å². The van der Waals surface area contributed by atoms with Crippen LogP contribution in [0.1, 0.15) is 102 Å². The summed E-state index contributed by atoms with van der Waals surface area (Å²) >= 11 is 0. The number of carbonyl (C=O) groups is 1. The van der Waals surface area contributed by atoms with Gasteiger partial charge >= 0.3 is 42.1 Å². The van der Waals surface area contributed by atoms with Crippen LogP contribution in [-0.4, -0.2) is 66.8 Å². The molecule has 26 heteroatoms. The van der Waals surface area contributed by atoms with Crippen LogP contribution in [0.25, 0.3) is 9.69 Å². The van der Waals surface area contributed by atoms with Crippen molar-refractivity contribution in [2.24, 2.45) is 0 Å². The molecule has 7 aromatic rings. The molecule has 84 heavy (non-hydrogen) atoms. The third-order valence-electron chi connectivity index (χ3n) is 15.1. The zero-order chi connectivity index (χ0) is 60.8. The van der Waals surface area contributed by atoms with Crippen molar-refractivity contribution in [2.75, 3.05) is 26.3 Å². The van der Waals surface area contributed by atoms with Crippen molar-refractivity contribution >= 4 is 6.09 Å². The number of nitrogens with zero attached hydrogens (tertiary/aromatic N) is 9. The van der Waals surface area contributed by atoms with Crippen molar-refractivity contribution in [3.05, 3.63) is 226 Å². The van der Waals surface area contributed by atoms with Crippen LogP contribution in [0, 0.1) is 13.1 Å². The minimum absolute atomic E-state index is 0.0496. The lowest BCUT2D eigenvalue weighted by atomic mass is 9.77. The van der Waals surface area contributed by atoms with E-state index in [0.29, 0.717) is 48.2 Å². The normalized spacial score (nSPS) is 21.9. The highest BCUT2D eigenvalue weighted by molar-refractivity contribution is 5.70. The second kappa shape index (κ2) is 24.5. The van der Waals surface area contributed by atoms with Gasteiger partial charge in [0.05, 0.1) is 78.1 Å². The lowest BCUT2D eigenvalue weighted by molar-refractivity contribution is -0.145. The molecule has 0 radical (unpaired) electrons. The first-order valence-electron chi connectivity index (χ1n) is 25.8.